The molecule has 2 atom stereocenters. The van der Waals surface area contributed by atoms with Crippen LogP contribution in [0.4, 0.5) is 10.5 Å². The average Bonchev–Trinajstić information content (AvgIpc) is 3.09. The molecule has 5 nitrogen and oxygen atoms in total. The highest BCUT2D eigenvalue weighted by Gasteiger charge is 2.56. The quantitative estimate of drug-likeness (QED) is 0.886. The monoisotopic (exact) mass is 344 g/mol. The van der Waals surface area contributed by atoms with Crippen molar-refractivity contribution in [3.63, 3.8) is 0 Å². The normalized spacial score (nSPS) is 27.0. The second-order valence-corrected chi connectivity index (χ2v) is 7.68. The van der Waals surface area contributed by atoms with Crippen molar-refractivity contribution in [2.24, 2.45) is 5.41 Å². The van der Waals surface area contributed by atoms with Crippen LogP contribution in [-0.2, 0) is 17.6 Å². The van der Waals surface area contributed by atoms with Crippen LogP contribution in [-0.4, -0.2) is 47.9 Å². The van der Waals surface area contributed by atoms with Gasteiger partial charge in [-0.2, -0.15) is 0 Å². The summed E-state index contributed by atoms with van der Waals surface area (Å²) in [6.45, 7) is 4.04. The van der Waals surface area contributed by atoms with Crippen molar-refractivity contribution in [3.05, 3.63) is 29.3 Å². The predicted octanol–water partition coefficient (Wildman–Crippen LogP) is 2.96. The standard InChI is InChI=1S/C20H28N2O3/c1-2-25-18-13-17(23)20(18)8-10-22(11-9-20)19(24)21-16-7-6-14-4-3-5-15(14)12-16/h6-7,12,17-18,23H,2-5,8-11,13H2,1H3,(H,21,24)/t17-,18+/m1/s1. The molecule has 25 heavy (non-hydrogen) atoms. The SMILES string of the molecule is CCO[C@H]1C[C@@H](O)C12CCN(C(=O)Nc1ccc3c(c1)CCC3)CC2. The molecule has 1 aromatic rings. The summed E-state index contributed by atoms with van der Waals surface area (Å²) in [7, 11) is 0. The van der Waals surface area contributed by atoms with Crippen LogP contribution in [0.25, 0.3) is 0 Å². The molecule has 5 heteroatoms. The van der Waals surface area contributed by atoms with Gasteiger partial charge in [0.1, 0.15) is 0 Å². The number of nitrogens with one attached hydrogen (secondary N) is 1. The Bertz CT molecular complexity index is 650. The number of carbonyl (C=O) groups excluding carboxylic acids is 1. The second kappa shape index (κ2) is 6.61. The van der Waals surface area contributed by atoms with Gasteiger partial charge in [-0.1, -0.05) is 6.07 Å². The van der Waals surface area contributed by atoms with Crippen LogP contribution in [0.1, 0.15) is 43.7 Å². The fourth-order valence-corrected chi connectivity index (χ4v) is 4.79. The number of amides is 2. The number of nitrogens with zero attached hydrogens (tertiary/aromatic N) is 1. The van der Waals surface area contributed by atoms with Gasteiger partial charge in [0, 0.05) is 37.2 Å². The van der Waals surface area contributed by atoms with Gasteiger partial charge in [-0.05, 0) is 62.3 Å². The summed E-state index contributed by atoms with van der Waals surface area (Å²) in [5.74, 6) is 0. The molecule has 4 rings (SSSR count). The van der Waals surface area contributed by atoms with Gasteiger partial charge in [-0.25, -0.2) is 4.79 Å². The van der Waals surface area contributed by atoms with E-state index in [4.69, 9.17) is 4.74 Å². The average molecular weight is 344 g/mol. The van der Waals surface area contributed by atoms with Crippen LogP contribution in [0.5, 0.6) is 0 Å². The number of piperidine rings is 1. The Morgan fingerprint density at radius 2 is 2.08 bits per heavy atom. The van der Waals surface area contributed by atoms with Crippen molar-refractivity contribution in [2.75, 3.05) is 25.0 Å². The number of hydrogen-bond donors (Lipinski definition) is 2. The van der Waals surface area contributed by atoms with Gasteiger partial charge in [0.05, 0.1) is 12.2 Å². The molecular formula is C20H28N2O3. The number of aryl methyl sites for hydroxylation is 2. The van der Waals surface area contributed by atoms with Crippen LogP contribution in [0, 0.1) is 5.41 Å². The molecule has 2 N–H and O–H groups in total. The van der Waals surface area contributed by atoms with E-state index in [-0.39, 0.29) is 23.7 Å². The minimum Gasteiger partial charge on any atom is -0.392 e. The molecule has 2 aliphatic carbocycles. The molecule has 0 unspecified atom stereocenters. The summed E-state index contributed by atoms with van der Waals surface area (Å²) in [4.78, 5) is 14.5. The van der Waals surface area contributed by atoms with Gasteiger partial charge >= 0.3 is 6.03 Å². The van der Waals surface area contributed by atoms with Crippen molar-refractivity contribution < 1.29 is 14.6 Å². The van der Waals surface area contributed by atoms with E-state index in [1.807, 2.05) is 17.9 Å². The Kier molecular flexibility index (Phi) is 4.46. The lowest BCUT2D eigenvalue weighted by molar-refractivity contribution is -0.207. The number of aliphatic hydroxyl groups excluding tert-OH is 1. The van der Waals surface area contributed by atoms with Crippen LogP contribution in [0.15, 0.2) is 18.2 Å². The summed E-state index contributed by atoms with van der Waals surface area (Å²) in [5, 5.41) is 13.3. The first-order chi connectivity index (χ1) is 12.1. The first-order valence-corrected chi connectivity index (χ1v) is 9.60. The fourth-order valence-electron chi connectivity index (χ4n) is 4.79. The zero-order chi connectivity index (χ0) is 17.4. The van der Waals surface area contributed by atoms with Crippen LogP contribution >= 0.6 is 0 Å². The summed E-state index contributed by atoms with van der Waals surface area (Å²) in [6, 6.07) is 6.23. The maximum atomic E-state index is 12.6. The molecule has 1 saturated heterocycles. The molecule has 1 heterocycles. The lowest BCUT2D eigenvalue weighted by atomic mass is 9.58. The highest BCUT2D eigenvalue weighted by molar-refractivity contribution is 5.89. The molecule has 2 fully saturated rings. The van der Waals surface area contributed by atoms with Gasteiger partial charge in [0.25, 0.3) is 0 Å². The molecule has 1 aliphatic heterocycles. The Hall–Kier alpha value is -1.59. The Morgan fingerprint density at radius 1 is 1.32 bits per heavy atom. The lowest BCUT2D eigenvalue weighted by Gasteiger charge is -2.56. The van der Waals surface area contributed by atoms with E-state index in [9.17, 15) is 9.90 Å². The number of likely N-dealkylation sites (tertiary alicyclic amines) is 1. The lowest BCUT2D eigenvalue weighted by Crippen LogP contribution is -2.63. The van der Waals surface area contributed by atoms with Crippen LogP contribution in [0.3, 0.4) is 0 Å². The number of fused-ring (bicyclic) bond motifs is 1. The Balaban J connectivity index is 1.35. The number of hydrogen-bond acceptors (Lipinski definition) is 3. The number of urea groups is 1. The van der Waals surface area contributed by atoms with Crippen LogP contribution < -0.4 is 5.32 Å². The maximum Gasteiger partial charge on any atom is 0.321 e. The van der Waals surface area contributed by atoms with Crippen LogP contribution in [0.2, 0.25) is 0 Å². The molecule has 1 spiro atoms. The summed E-state index contributed by atoms with van der Waals surface area (Å²) in [6.07, 6.45) is 5.70. The van der Waals surface area contributed by atoms with Gasteiger partial charge in [0.2, 0.25) is 0 Å². The predicted molar refractivity (Wildman–Crippen MR) is 96.8 cm³/mol. The number of carbonyl (C=O) groups is 1. The molecule has 1 saturated carbocycles. The molecule has 3 aliphatic rings. The zero-order valence-corrected chi connectivity index (χ0v) is 15.0. The smallest absolute Gasteiger partial charge is 0.321 e. The summed E-state index contributed by atoms with van der Waals surface area (Å²) < 4.78 is 5.80. The van der Waals surface area contributed by atoms with Gasteiger partial charge in [0.15, 0.2) is 0 Å². The third-order valence-electron chi connectivity index (χ3n) is 6.44. The largest absolute Gasteiger partial charge is 0.392 e. The molecule has 2 amide bonds. The molecule has 0 radical (unpaired) electrons. The Labute approximate surface area is 149 Å². The van der Waals surface area contributed by atoms with Crippen molar-refractivity contribution in [1.82, 2.24) is 4.90 Å². The third-order valence-corrected chi connectivity index (χ3v) is 6.44. The highest BCUT2D eigenvalue weighted by atomic mass is 16.5. The van der Waals surface area contributed by atoms with Gasteiger partial charge < -0.3 is 20.1 Å². The van der Waals surface area contributed by atoms with Crippen molar-refractivity contribution >= 4 is 11.7 Å². The van der Waals surface area contributed by atoms with E-state index < -0.39 is 0 Å². The highest BCUT2D eigenvalue weighted by Crippen LogP contribution is 2.50. The van der Waals surface area contributed by atoms with E-state index in [0.29, 0.717) is 19.7 Å². The number of rotatable bonds is 3. The molecule has 0 aromatic heterocycles. The van der Waals surface area contributed by atoms with Crippen molar-refractivity contribution in [2.45, 2.75) is 57.7 Å². The number of ether oxygens (including phenoxy) is 1. The number of benzene rings is 1. The van der Waals surface area contributed by atoms with Gasteiger partial charge in [-0.3, -0.25) is 0 Å². The van der Waals surface area contributed by atoms with E-state index >= 15 is 0 Å². The van der Waals surface area contributed by atoms with Gasteiger partial charge in [-0.15, -0.1) is 0 Å². The minimum atomic E-state index is -0.286. The summed E-state index contributed by atoms with van der Waals surface area (Å²) in [5.41, 5.74) is 3.54. The maximum absolute atomic E-state index is 12.6. The zero-order valence-electron chi connectivity index (χ0n) is 15.0. The molecular weight excluding hydrogens is 316 g/mol. The molecule has 0 bridgehead atoms. The first-order valence-electron chi connectivity index (χ1n) is 9.60. The molecule has 1 aromatic carbocycles. The fraction of sp³-hybridized carbons (Fsp3) is 0.650. The number of anilines is 1. The van der Waals surface area contributed by atoms with Crippen molar-refractivity contribution in [1.29, 1.82) is 0 Å². The van der Waals surface area contributed by atoms with Crippen molar-refractivity contribution in [3.8, 4) is 0 Å². The van der Waals surface area contributed by atoms with E-state index in [1.54, 1.807) is 0 Å². The third kappa shape index (κ3) is 2.93. The molecule has 136 valence electrons. The van der Waals surface area contributed by atoms with E-state index in [2.05, 4.69) is 17.4 Å². The Morgan fingerprint density at radius 3 is 2.80 bits per heavy atom. The second-order valence-electron chi connectivity index (χ2n) is 7.68. The van der Waals surface area contributed by atoms with E-state index in [1.165, 1.54) is 17.5 Å². The van der Waals surface area contributed by atoms with E-state index in [0.717, 1.165) is 37.8 Å². The number of aliphatic hydroxyl groups is 1. The minimum absolute atomic E-state index is 0.0328. The topological polar surface area (TPSA) is 61.8 Å². The summed E-state index contributed by atoms with van der Waals surface area (Å²) >= 11 is 0. The first kappa shape index (κ1) is 16.9.